The predicted octanol–water partition coefficient (Wildman–Crippen LogP) is 14.4. The summed E-state index contributed by atoms with van der Waals surface area (Å²) in [6.07, 6.45) is 24.7. The Bertz CT molecular complexity index is 5510. The number of aromatic nitrogens is 12. The van der Waals surface area contributed by atoms with Crippen LogP contribution in [0, 0.1) is 39.5 Å². The SMILES string of the molecule is C=CC(=O)N1CCCC[C@H]1c1nc(-c2ccc(C(=O)Nc3ccccn3)cc2)c2c(C)ncc(C)n12.C=CC(=O)N1CCC[C@H]1c1nc(-c2ccc(C(=O)Nc3ccccn3)cc2)c2c(C3CC3)nccn12.CC#CC(=O)N1CCCC[C@H]1c1nc(-c2ccc(C(=O)Nc3ccccn3)cc2)c2c(C)ncc(C)n12. The molecule has 0 radical (unpaired) electrons. The van der Waals surface area contributed by atoms with Crippen molar-refractivity contribution < 1.29 is 28.8 Å². The fourth-order valence-corrected chi connectivity index (χ4v) is 14.7. The number of carbonyl (C=O) groups excluding carboxylic acids is 6. The monoisotopic (exact) mass is 1450 g/mol. The minimum Gasteiger partial charge on any atom is -0.329 e. The molecule has 9 aromatic heterocycles. The third-order valence-corrected chi connectivity index (χ3v) is 20.2. The van der Waals surface area contributed by atoms with Gasteiger partial charge in [0.05, 0.1) is 68.8 Å². The van der Waals surface area contributed by atoms with E-state index in [9.17, 15) is 28.8 Å². The molecular weight excluding hydrogens is 1370 g/mol. The highest BCUT2D eigenvalue weighted by atomic mass is 16.2. The van der Waals surface area contributed by atoms with Gasteiger partial charge in [0.2, 0.25) is 11.8 Å². The number of nitrogens with one attached hydrogen (secondary N) is 3. The molecule has 3 saturated heterocycles. The van der Waals surface area contributed by atoms with Crippen LogP contribution < -0.4 is 16.0 Å². The lowest BCUT2D eigenvalue weighted by atomic mass is 10.0. The molecular formula is C85H82N18O6. The van der Waals surface area contributed by atoms with Crippen molar-refractivity contribution in [3.63, 3.8) is 0 Å². The number of anilines is 3. The van der Waals surface area contributed by atoms with E-state index in [4.69, 9.17) is 19.9 Å². The molecule has 4 fully saturated rings. The maximum Gasteiger partial charge on any atom is 0.299 e. The first-order valence-electron chi connectivity index (χ1n) is 36.7. The molecule has 24 nitrogen and oxygen atoms in total. The molecule has 1 saturated carbocycles. The summed E-state index contributed by atoms with van der Waals surface area (Å²) in [7, 11) is 0. The van der Waals surface area contributed by atoms with E-state index in [2.05, 4.69) is 79.1 Å². The molecule has 4 aliphatic rings. The van der Waals surface area contributed by atoms with Gasteiger partial charge in [0.1, 0.15) is 34.9 Å². The van der Waals surface area contributed by atoms with Crippen LogP contribution in [0.2, 0.25) is 0 Å². The average Bonchev–Trinajstić information content (AvgIpc) is 1.61. The van der Waals surface area contributed by atoms with Crippen molar-refractivity contribution in [2.24, 2.45) is 0 Å². The highest BCUT2D eigenvalue weighted by molar-refractivity contribution is 6.06. The number of nitrogens with zero attached hydrogens (tertiary/aromatic N) is 15. The van der Waals surface area contributed by atoms with Gasteiger partial charge < -0.3 is 30.7 Å². The molecule has 0 spiro atoms. The van der Waals surface area contributed by atoms with Crippen LogP contribution >= 0.6 is 0 Å². The number of carbonyl (C=O) groups is 6. The molecule has 109 heavy (non-hydrogen) atoms. The zero-order valence-corrected chi connectivity index (χ0v) is 61.4. The van der Waals surface area contributed by atoms with E-state index in [1.807, 2.05) is 122 Å². The lowest BCUT2D eigenvalue weighted by Crippen LogP contribution is -2.38. The second kappa shape index (κ2) is 32.3. The summed E-state index contributed by atoms with van der Waals surface area (Å²) >= 11 is 0. The summed E-state index contributed by atoms with van der Waals surface area (Å²) in [5.74, 6) is 8.85. The number of rotatable bonds is 15. The first-order valence-corrected chi connectivity index (χ1v) is 36.7. The third kappa shape index (κ3) is 15.3. The lowest BCUT2D eigenvalue weighted by Gasteiger charge is -2.34. The molecule has 3 aromatic carbocycles. The zero-order chi connectivity index (χ0) is 75.8. The molecule has 12 heterocycles. The van der Waals surface area contributed by atoms with Gasteiger partial charge in [-0.3, -0.25) is 56.9 Å². The van der Waals surface area contributed by atoms with E-state index in [1.165, 1.54) is 12.2 Å². The first kappa shape index (κ1) is 72.8. The van der Waals surface area contributed by atoms with E-state index in [1.54, 1.807) is 98.3 Å². The van der Waals surface area contributed by atoms with Gasteiger partial charge in [-0.2, -0.15) is 0 Å². The van der Waals surface area contributed by atoms with Crippen molar-refractivity contribution in [3.8, 4) is 45.6 Å². The number of hydrogen-bond donors (Lipinski definition) is 3. The van der Waals surface area contributed by atoms with Gasteiger partial charge in [0.25, 0.3) is 23.6 Å². The third-order valence-electron chi connectivity index (χ3n) is 20.2. The van der Waals surface area contributed by atoms with Crippen molar-refractivity contribution in [2.75, 3.05) is 35.6 Å². The van der Waals surface area contributed by atoms with Crippen LogP contribution in [0.25, 0.3) is 50.3 Å². The zero-order valence-electron chi connectivity index (χ0n) is 61.4. The van der Waals surface area contributed by atoms with Crippen molar-refractivity contribution in [1.82, 2.24) is 72.8 Å². The summed E-state index contributed by atoms with van der Waals surface area (Å²) < 4.78 is 6.35. The quantitative estimate of drug-likeness (QED) is 0.0635. The van der Waals surface area contributed by atoms with Crippen molar-refractivity contribution in [3.05, 3.63) is 259 Å². The van der Waals surface area contributed by atoms with Gasteiger partial charge in [-0.25, -0.2) is 29.9 Å². The molecule has 3 atom stereocenters. The molecule has 24 heteroatoms. The van der Waals surface area contributed by atoms with Crippen LogP contribution in [0.3, 0.4) is 0 Å². The number of benzene rings is 3. The smallest absolute Gasteiger partial charge is 0.299 e. The number of hydrogen-bond acceptors (Lipinski definition) is 15. The molecule has 6 amide bonds. The van der Waals surface area contributed by atoms with E-state index < -0.39 is 0 Å². The van der Waals surface area contributed by atoms with Crippen LogP contribution in [-0.4, -0.2) is 128 Å². The van der Waals surface area contributed by atoms with E-state index in [0.29, 0.717) is 59.7 Å². The predicted molar refractivity (Wildman–Crippen MR) is 417 cm³/mol. The fraction of sp³-hybridized carbons (Fsp3) is 0.259. The summed E-state index contributed by atoms with van der Waals surface area (Å²) in [5.41, 5.74) is 14.1. The van der Waals surface area contributed by atoms with Gasteiger partial charge in [0.15, 0.2) is 0 Å². The Morgan fingerprint density at radius 2 is 0.835 bits per heavy atom. The largest absolute Gasteiger partial charge is 0.329 e. The number of pyridine rings is 3. The maximum atomic E-state index is 12.8. The Morgan fingerprint density at radius 1 is 0.440 bits per heavy atom. The molecule has 548 valence electrons. The number of piperidine rings is 2. The van der Waals surface area contributed by atoms with Crippen LogP contribution in [0.1, 0.15) is 172 Å². The van der Waals surface area contributed by atoms with Crippen LogP contribution in [-0.2, 0) is 14.4 Å². The fourth-order valence-electron chi connectivity index (χ4n) is 14.7. The maximum absolute atomic E-state index is 12.8. The highest BCUT2D eigenvalue weighted by Gasteiger charge is 2.38. The Labute approximate surface area is 630 Å². The number of fused-ring (bicyclic) bond motifs is 3. The van der Waals surface area contributed by atoms with Crippen LogP contribution in [0.5, 0.6) is 0 Å². The highest BCUT2D eigenvalue weighted by Crippen LogP contribution is 2.45. The summed E-state index contributed by atoms with van der Waals surface area (Å²) in [6, 6.07) is 37.8. The molecule has 0 bridgehead atoms. The van der Waals surface area contributed by atoms with Crippen molar-refractivity contribution >= 4 is 69.4 Å². The summed E-state index contributed by atoms with van der Waals surface area (Å²) in [4.78, 5) is 123. The number of imidazole rings is 3. The topological polar surface area (TPSA) is 277 Å². The Kier molecular flexibility index (Phi) is 21.5. The van der Waals surface area contributed by atoms with Crippen molar-refractivity contribution in [1.29, 1.82) is 0 Å². The van der Waals surface area contributed by atoms with E-state index in [-0.39, 0.29) is 53.6 Å². The number of aryl methyl sites for hydroxylation is 4. The minimum absolute atomic E-state index is 0.0736. The van der Waals surface area contributed by atoms with Crippen molar-refractivity contribution in [2.45, 2.75) is 123 Å². The molecule has 1 aliphatic carbocycles. The van der Waals surface area contributed by atoms with Gasteiger partial charge in [-0.15, -0.1) is 0 Å². The lowest BCUT2D eigenvalue weighted by molar-refractivity contribution is -0.130. The van der Waals surface area contributed by atoms with Gasteiger partial charge in [-0.1, -0.05) is 73.7 Å². The Morgan fingerprint density at radius 3 is 1.25 bits per heavy atom. The molecule has 0 unspecified atom stereocenters. The number of amides is 6. The Balaban J connectivity index is 0.000000137. The number of likely N-dealkylation sites (tertiary alicyclic amines) is 3. The summed E-state index contributed by atoms with van der Waals surface area (Å²) in [5, 5.41) is 8.43. The standard InChI is InChI=1S/C29H28N6O2.C28H26N6O2.C28H28N6O2/c1-4-9-25(36)34-17-8-6-10-23(34)28-33-26(27-20(3)31-18-19(2)35(27)28)21-12-14-22(15-13-21)29(37)32-24-11-5-7-16-30-24;1-2-23(35)33-16-5-6-21(33)27-32-25(26-24(18-8-9-18)30-15-17-34(26)27)19-10-12-20(13-11-19)28(36)31-22-7-3-4-14-29-22;1-4-24(35)33-16-8-6-9-22(33)27-32-25(26-19(3)30-17-18(2)34(26)27)20-11-13-21(14-12-20)28(36)31-23-10-5-7-15-29-23/h5,7,11-16,18,23H,6,8,10,17H2,1-3H3,(H,30,32,37);2-4,7,10-15,17-18,21H,1,5-6,8-9,16H2,(H,29,31,36);4-5,7,10-15,17,22H,1,6,8-9,16H2,2-3H3,(H,29,31,36)/t23-;21-;22-/m000/s1. The molecule has 16 rings (SSSR count). The average molecular weight is 1450 g/mol. The molecule has 12 aromatic rings. The van der Waals surface area contributed by atoms with Gasteiger partial charge >= 0.3 is 0 Å². The molecule has 3 aliphatic heterocycles. The van der Waals surface area contributed by atoms with Gasteiger partial charge in [-0.05, 0) is 190 Å². The minimum atomic E-state index is -0.234. The first-order chi connectivity index (χ1) is 53.1. The second-order valence-electron chi connectivity index (χ2n) is 27.4. The molecule has 3 N–H and O–H groups in total. The van der Waals surface area contributed by atoms with E-state index in [0.717, 1.165) is 160 Å². The second-order valence-corrected chi connectivity index (χ2v) is 27.4. The van der Waals surface area contributed by atoms with E-state index >= 15 is 0 Å². The summed E-state index contributed by atoms with van der Waals surface area (Å²) in [6.45, 7) is 19.0. The normalized spacial score (nSPS) is 16.0. The van der Waals surface area contributed by atoms with Crippen LogP contribution in [0.15, 0.2) is 196 Å². The van der Waals surface area contributed by atoms with Gasteiger partial charge in [0, 0.05) is 114 Å². The van der Waals surface area contributed by atoms with Crippen LogP contribution in [0.4, 0.5) is 17.5 Å². The Hall–Kier alpha value is -13.2.